The Bertz CT molecular complexity index is 733. The first-order chi connectivity index (χ1) is 11.2. The molecule has 0 saturated heterocycles. The van der Waals surface area contributed by atoms with Crippen LogP contribution < -0.4 is 0 Å². The first-order valence-electron chi connectivity index (χ1n) is 7.56. The zero-order valence-corrected chi connectivity index (χ0v) is 13.9. The highest BCUT2D eigenvalue weighted by Gasteiger charge is 2.10. The Hall–Kier alpha value is -2.40. The molecule has 0 unspecified atom stereocenters. The molecule has 1 aromatic carbocycles. The van der Waals surface area contributed by atoms with E-state index in [-0.39, 0.29) is 5.91 Å². The molecule has 5 heteroatoms. The number of carbonyl (C=O) groups is 1. The van der Waals surface area contributed by atoms with Gasteiger partial charge in [0.1, 0.15) is 0 Å². The predicted molar refractivity (Wildman–Crippen MR) is 92.7 cm³/mol. The Labute approximate surface area is 140 Å². The maximum Gasteiger partial charge on any atom is 0.222 e. The monoisotopic (exact) mass is 325 g/mol. The summed E-state index contributed by atoms with van der Waals surface area (Å²) in [7, 11) is 1.86. The van der Waals surface area contributed by atoms with Gasteiger partial charge in [-0.1, -0.05) is 12.1 Å². The van der Waals surface area contributed by atoms with Crippen LogP contribution in [0.25, 0.3) is 5.69 Å². The smallest absolute Gasteiger partial charge is 0.222 e. The molecule has 0 fully saturated rings. The summed E-state index contributed by atoms with van der Waals surface area (Å²) in [5, 5.41) is 8.35. The van der Waals surface area contributed by atoms with E-state index in [9.17, 15) is 4.79 Å². The molecule has 118 valence electrons. The van der Waals surface area contributed by atoms with Crippen LogP contribution in [0.1, 0.15) is 17.5 Å². The summed E-state index contributed by atoms with van der Waals surface area (Å²) in [6.07, 6.45) is 5.03. The standard InChI is InChI=1S/C18H19N3OS/c1-20(18(22)8-5-16-9-12-23-14-16)13-15-3-6-17(7-4-15)21-11-2-10-19-21/h2-4,6-7,9-12,14H,5,8,13H2,1H3. The summed E-state index contributed by atoms with van der Waals surface area (Å²) < 4.78 is 1.82. The van der Waals surface area contributed by atoms with Crippen molar-refractivity contribution in [3.63, 3.8) is 0 Å². The molecule has 0 atom stereocenters. The number of rotatable bonds is 6. The minimum Gasteiger partial charge on any atom is -0.341 e. The predicted octanol–water partition coefficient (Wildman–Crippen LogP) is 3.53. The van der Waals surface area contributed by atoms with Crippen molar-refractivity contribution in [1.82, 2.24) is 14.7 Å². The topological polar surface area (TPSA) is 38.1 Å². The van der Waals surface area contributed by atoms with Crippen molar-refractivity contribution in [2.24, 2.45) is 0 Å². The maximum absolute atomic E-state index is 12.2. The lowest BCUT2D eigenvalue weighted by Crippen LogP contribution is -2.26. The third-order valence-electron chi connectivity index (χ3n) is 3.76. The van der Waals surface area contributed by atoms with Gasteiger partial charge in [-0.25, -0.2) is 4.68 Å². The molecule has 0 N–H and O–H groups in total. The van der Waals surface area contributed by atoms with Gasteiger partial charge >= 0.3 is 0 Å². The Morgan fingerprint density at radius 2 is 2.04 bits per heavy atom. The van der Waals surface area contributed by atoms with E-state index in [0.29, 0.717) is 13.0 Å². The maximum atomic E-state index is 12.2. The summed E-state index contributed by atoms with van der Waals surface area (Å²) in [6, 6.07) is 12.1. The average molecular weight is 325 g/mol. The fraction of sp³-hybridized carbons (Fsp3) is 0.222. The zero-order valence-electron chi connectivity index (χ0n) is 13.1. The van der Waals surface area contributed by atoms with Crippen molar-refractivity contribution >= 4 is 17.2 Å². The summed E-state index contributed by atoms with van der Waals surface area (Å²) in [5.41, 5.74) is 3.37. The van der Waals surface area contributed by atoms with Gasteiger partial charge in [0.15, 0.2) is 0 Å². The number of benzene rings is 1. The molecule has 0 spiro atoms. The van der Waals surface area contributed by atoms with Crippen LogP contribution in [0.4, 0.5) is 0 Å². The Morgan fingerprint density at radius 3 is 2.70 bits per heavy atom. The molecule has 23 heavy (non-hydrogen) atoms. The minimum atomic E-state index is 0.173. The van der Waals surface area contributed by atoms with E-state index in [0.717, 1.165) is 17.7 Å². The SMILES string of the molecule is CN(Cc1ccc(-n2cccn2)cc1)C(=O)CCc1ccsc1. The fourth-order valence-electron chi connectivity index (χ4n) is 2.41. The molecule has 0 radical (unpaired) electrons. The van der Waals surface area contributed by atoms with Crippen molar-refractivity contribution in [2.45, 2.75) is 19.4 Å². The van der Waals surface area contributed by atoms with Crippen molar-refractivity contribution in [3.8, 4) is 5.69 Å². The van der Waals surface area contributed by atoms with E-state index in [2.05, 4.69) is 16.5 Å². The van der Waals surface area contributed by atoms with Crippen LogP contribution in [0.3, 0.4) is 0 Å². The Morgan fingerprint density at radius 1 is 1.22 bits per heavy atom. The molecule has 0 aliphatic heterocycles. The van der Waals surface area contributed by atoms with Crippen molar-refractivity contribution in [2.75, 3.05) is 7.05 Å². The lowest BCUT2D eigenvalue weighted by Gasteiger charge is -2.17. The molecule has 4 nitrogen and oxygen atoms in total. The van der Waals surface area contributed by atoms with Crippen molar-refractivity contribution in [1.29, 1.82) is 0 Å². The molecule has 0 aliphatic rings. The fourth-order valence-corrected chi connectivity index (χ4v) is 3.12. The van der Waals surface area contributed by atoms with E-state index in [1.54, 1.807) is 22.4 Å². The lowest BCUT2D eigenvalue weighted by atomic mass is 10.1. The van der Waals surface area contributed by atoms with Gasteiger partial charge in [-0.15, -0.1) is 0 Å². The molecular weight excluding hydrogens is 306 g/mol. The van der Waals surface area contributed by atoms with Gasteiger partial charge in [0, 0.05) is 32.4 Å². The van der Waals surface area contributed by atoms with E-state index in [1.807, 2.05) is 53.6 Å². The second kappa shape index (κ2) is 7.24. The number of thiophene rings is 1. The molecule has 0 aliphatic carbocycles. The molecule has 0 bridgehead atoms. The Balaban J connectivity index is 1.54. The number of aromatic nitrogens is 2. The van der Waals surface area contributed by atoms with Gasteiger partial charge < -0.3 is 4.90 Å². The summed E-state index contributed by atoms with van der Waals surface area (Å²) >= 11 is 1.67. The average Bonchev–Trinajstić information content (AvgIpc) is 3.26. The number of amides is 1. The van der Waals surface area contributed by atoms with Crippen LogP contribution in [0, 0.1) is 0 Å². The first-order valence-corrected chi connectivity index (χ1v) is 8.50. The van der Waals surface area contributed by atoms with E-state index < -0.39 is 0 Å². The first kappa shape index (κ1) is 15.5. The number of carbonyl (C=O) groups excluding carboxylic acids is 1. The van der Waals surface area contributed by atoms with Gasteiger partial charge in [0.2, 0.25) is 5.91 Å². The second-order valence-electron chi connectivity index (χ2n) is 5.50. The van der Waals surface area contributed by atoms with Crippen LogP contribution in [0.5, 0.6) is 0 Å². The summed E-state index contributed by atoms with van der Waals surface area (Å²) in [4.78, 5) is 14.0. The van der Waals surface area contributed by atoms with Gasteiger partial charge in [-0.05, 0) is 52.6 Å². The number of aryl methyl sites for hydroxylation is 1. The number of hydrogen-bond donors (Lipinski definition) is 0. The number of nitrogens with zero attached hydrogens (tertiary/aromatic N) is 3. The minimum absolute atomic E-state index is 0.173. The van der Waals surface area contributed by atoms with Crippen LogP contribution in [-0.4, -0.2) is 27.6 Å². The van der Waals surface area contributed by atoms with E-state index in [4.69, 9.17) is 0 Å². The number of hydrogen-bond acceptors (Lipinski definition) is 3. The Kier molecular flexibility index (Phi) is 4.88. The largest absolute Gasteiger partial charge is 0.341 e. The molecule has 1 amide bonds. The molecule has 2 aromatic heterocycles. The van der Waals surface area contributed by atoms with Gasteiger partial charge in [-0.2, -0.15) is 16.4 Å². The summed E-state index contributed by atoms with van der Waals surface area (Å²) in [5.74, 6) is 0.173. The quantitative estimate of drug-likeness (QED) is 0.695. The van der Waals surface area contributed by atoms with Crippen LogP contribution in [0.2, 0.25) is 0 Å². The van der Waals surface area contributed by atoms with E-state index in [1.165, 1.54) is 5.56 Å². The van der Waals surface area contributed by atoms with Crippen LogP contribution in [-0.2, 0) is 17.8 Å². The third kappa shape index (κ3) is 4.07. The normalized spacial score (nSPS) is 10.7. The van der Waals surface area contributed by atoms with Gasteiger partial charge in [0.25, 0.3) is 0 Å². The van der Waals surface area contributed by atoms with Gasteiger partial charge in [0.05, 0.1) is 5.69 Å². The van der Waals surface area contributed by atoms with Crippen molar-refractivity contribution in [3.05, 3.63) is 70.7 Å². The highest BCUT2D eigenvalue weighted by molar-refractivity contribution is 7.07. The highest BCUT2D eigenvalue weighted by atomic mass is 32.1. The lowest BCUT2D eigenvalue weighted by molar-refractivity contribution is -0.130. The zero-order chi connectivity index (χ0) is 16.1. The second-order valence-corrected chi connectivity index (χ2v) is 6.28. The van der Waals surface area contributed by atoms with Crippen molar-refractivity contribution < 1.29 is 4.79 Å². The molecular formula is C18H19N3OS. The van der Waals surface area contributed by atoms with Crippen LogP contribution >= 0.6 is 11.3 Å². The molecule has 0 saturated carbocycles. The van der Waals surface area contributed by atoms with Crippen LogP contribution in [0.15, 0.2) is 59.6 Å². The van der Waals surface area contributed by atoms with E-state index >= 15 is 0 Å². The molecule has 3 rings (SSSR count). The van der Waals surface area contributed by atoms with Gasteiger partial charge in [-0.3, -0.25) is 4.79 Å². The highest BCUT2D eigenvalue weighted by Crippen LogP contribution is 2.12. The third-order valence-corrected chi connectivity index (χ3v) is 4.49. The molecule has 3 aromatic rings. The molecule has 2 heterocycles. The summed E-state index contributed by atoms with van der Waals surface area (Å²) in [6.45, 7) is 0.627.